The van der Waals surface area contributed by atoms with Crippen LogP contribution in [-0.2, 0) is 19.4 Å². The van der Waals surface area contributed by atoms with Crippen LogP contribution in [0.5, 0.6) is 5.75 Å². The van der Waals surface area contributed by atoms with Crippen LogP contribution in [0.4, 0.5) is 0 Å². The summed E-state index contributed by atoms with van der Waals surface area (Å²) in [7, 11) is 0. The minimum absolute atomic E-state index is 0.359. The van der Waals surface area contributed by atoms with Crippen molar-refractivity contribution in [2.24, 2.45) is 0 Å². The van der Waals surface area contributed by atoms with E-state index in [0.29, 0.717) is 6.04 Å². The van der Waals surface area contributed by atoms with Crippen LogP contribution in [0.2, 0.25) is 0 Å². The SMILES string of the molecule is CC(Cc1ccco1)NCc1cc(Br)cc2c1OCC2. The molecule has 1 aromatic heterocycles. The summed E-state index contributed by atoms with van der Waals surface area (Å²) in [4.78, 5) is 0. The number of ether oxygens (including phenoxy) is 1. The van der Waals surface area contributed by atoms with E-state index in [-0.39, 0.29) is 0 Å². The molecule has 2 heterocycles. The van der Waals surface area contributed by atoms with Gasteiger partial charge < -0.3 is 14.5 Å². The summed E-state index contributed by atoms with van der Waals surface area (Å²) in [5.74, 6) is 2.08. The van der Waals surface area contributed by atoms with E-state index in [1.807, 2.05) is 12.1 Å². The van der Waals surface area contributed by atoms with E-state index in [4.69, 9.17) is 9.15 Å². The highest BCUT2D eigenvalue weighted by Crippen LogP contribution is 2.32. The summed E-state index contributed by atoms with van der Waals surface area (Å²) in [6.45, 7) is 3.77. The molecule has 0 amide bonds. The van der Waals surface area contributed by atoms with Gasteiger partial charge in [0.05, 0.1) is 12.9 Å². The Morgan fingerprint density at radius 1 is 1.40 bits per heavy atom. The van der Waals surface area contributed by atoms with Crippen LogP contribution < -0.4 is 10.1 Å². The van der Waals surface area contributed by atoms with Crippen LogP contribution in [0.1, 0.15) is 23.8 Å². The quantitative estimate of drug-likeness (QED) is 0.904. The van der Waals surface area contributed by atoms with E-state index < -0.39 is 0 Å². The van der Waals surface area contributed by atoms with Gasteiger partial charge in [-0.05, 0) is 36.8 Å². The number of hydrogen-bond acceptors (Lipinski definition) is 3. The van der Waals surface area contributed by atoms with Gasteiger partial charge in [0.25, 0.3) is 0 Å². The first-order valence-electron chi connectivity index (χ1n) is 6.92. The molecule has 0 spiro atoms. The van der Waals surface area contributed by atoms with Crippen molar-refractivity contribution in [3.05, 3.63) is 51.9 Å². The maximum absolute atomic E-state index is 5.74. The number of halogens is 1. The lowest BCUT2D eigenvalue weighted by Crippen LogP contribution is -2.27. The van der Waals surface area contributed by atoms with E-state index in [0.717, 1.165) is 42.0 Å². The van der Waals surface area contributed by atoms with Crippen molar-refractivity contribution in [2.75, 3.05) is 6.61 Å². The van der Waals surface area contributed by atoms with E-state index in [1.165, 1.54) is 11.1 Å². The van der Waals surface area contributed by atoms with Gasteiger partial charge >= 0.3 is 0 Å². The fraction of sp³-hybridized carbons (Fsp3) is 0.375. The number of fused-ring (bicyclic) bond motifs is 1. The van der Waals surface area contributed by atoms with Crippen molar-refractivity contribution in [1.29, 1.82) is 0 Å². The fourth-order valence-electron chi connectivity index (χ4n) is 2.56. The Bertz CT molecular complexity index is 580. The maximum Gasteiger partial charge on any atom is 0.127 e. The summed E-state index contributed by atoms with van der Waals surface area (Å²) in [5, 5.41) is 3.53. The summed E-state index contributed by atoms with van der Waals surface area (Å²) >= 11 is 3.57. The first kappa shape index (κ1) is 13.7. The largest absolute Gasteiger partial charge is 0.493 e. The molecule has 0 radical (unpaired) electrons. The first-order chi connectivity index (χ1) is 9.72. The van der Waals surface area contributed by atoms with E-state index >= 15 is 0 Å². The van der Waals surface area contributed by atoms with Gasteiger partial charge in [-0.2, -0.15) is 0 Å². The maximum atomic E-state index is 5.74. The normalized spacial score (nSPS) is 14.9. The highest BCUT2D eigenvalue weighted by Gasteiger charge is 2.17. The van der Waals surface area contributed by atoms with Crippen LogP contribution in [0, 0.1) is 0 Å². The van der Waals surface area contributed by atoms with Crippen molar-refractivity contribution >= 4 is 15.9 Å². The van der Waals surface area contributed by atoms with Gasteiger partial charge in [-0.1, -0.05) is 15.9 Å². The smallest absolute Gasteiger partial charge is 0.127 e. The van der Waals surface area contributed by atoms with Crippen molar-refractivity contribution in [2.45, 2.75) is 32.4 Å². The van der Waals surface area contributed by atoms with E-state index in [2.05, 4.69) is 40.3 Å². The van der Waals surface area contributed by atoms with Gasteiger partial charge in [0.15, 0.2) is 0 Å². The molecule has 3 rings (SSSR count). The number of furan rings is 1. The molecule has 3 nitrogen and oxygen atoms in total. The van der Waals surface area contributed by atoms with Crippen LogP contribution in [0.3, 0.4) is 0 Å². The molecule has 1 atom stereocenters. The second-order valence-electron chi connectivity index (χ2n) is 5.22. The fourth-order valence-corrected chi connectivity index (χ4v) is 3.12. The number of nitrogens with one attached hydrogen (secondary N) is 1. The average molecular weight is 336 g/mol. The molecular formula is C16H18BrNO2. The first-order valence-corrected chi connectivity index (χ1v) is 7.71. The number of benzene rings is 1. The zero-order valence-corrected chi connectivity index (χ0v) is 13.1. The molecule has 1 unspecified atom stereocenters. The van der Waals surface area contributed by atoms with E-state index in [9.17, 15) is 0 Å². The summed E-state index contributed by atoms with van der Waals surface area (Å²) in [5.41, 5.74) is 2.52. The molecule has 0 saturated heterocycles. The Hall–Kier alpha value is -1.26. The third kappa shape index (κ3) is 3.07. The molecule has 1 aromatic carbocycles. The second-order valence-corrected chi connectivity index (χ2v) is 6.13. The Balaban J connectivity index is 1.64. The van der Waals surface area contributed by atoms with Crippen molar-refractivity contribution < 1.29 is 9.15 Å². The van der Waals surface area contributed by atoms with Crippen molar-refractivity contribution in [3.8, 4) is 5.75 Å². The minimum Gasteiger partial charge on any atom is -0.493 e. The molecule has 0 bridgehead atoms. The topological polar surface area (TPSA) is 34.4 Å². The molecular weight excluding hydrogens is 318 g/mol. The van der Waals surface area contributed by atoms with E-state index in [1.54, 1.807) is 6.26 Å². The van der Waals surface area contributed by atoms with Gasteiger partial charge in [0.2, 0.25) is 0 Å². The molecule has 1 N–H and O–H groups in total. The Labute approximate surface area is 127 Å². The Morgan fingerprint density at radius 3 is 3.10 bits per heavy atom. The lowest BCUT2D eigenvalue weighted by atomic mass is 10.1. The van der Waals surface area contributed by atoms with Crippen LogP contribution in [0.25, 0.3) is 0 Å². The zero-order valence-electron chi connectivity index (χ0n) is 11.5. The lowest BCUT2D eigenvalue weighted by molar-refractivity contribution is 0.351. The standard InChI is InChI=1S/C16H18BrNO2/c1-11(7-15-3-2-5-19-15)18-10-13-9-14(17)8-12-4-6-20-16(12)13/h2-3,5,8-9,11,18H,4,6-7,10H2,1H3. The molecule has 20 heavy (non-hydrogen) atoms. The average Bonchev–Trinajstić information content (AvgIpc) is 3.06. The van der Waals surface area contributed by atoms with Gasteiger partial charge in [-0.25, -0.2) is 0 Å². The molecule has 2 aromatic rings. The lowest BCUT2D eigenvalue weighted by Gasteiger charge is -2.15. The van der Waals surface area contributed by atoms with Gasteiger partial charge in [0.1, 0.15) is 11.5 Å². The van der Waals surface area contributed by atoms with Gasteiger partial charge in [-0.15, -0.1) is 0 Å². The Kier molecular flexibility index (Phi) is 4.13. The molecule has 0 fully saturated rings. The monoisotopic (exact) mass is 335 g/mol. The van der Waals surface area contributed by atoms with Crippen LogP contribution in [0.15, 0.2) is 39.4 Å². The van der Waals surface area contributed by atoms with Gasteiger partial charge in [0, 0.05) is 35.5 Å². The summed E-state index contributed by atoms with van der Waals surface area (Å²) in [6, 6.07) is 8.58. The van der Waals surface area contributed by atoms with Crippen LogP contribution >= 0.6 is 15.9 Å². The Morgan fingerprint density at radius 2 is 2.30 bits per heavy atom. The molecule has 0 aliphatic carbocycles. The second kappa shape index (κ2) is 6.02. The summed E-state index contributed by atoms with van der Waals surface area (Å²) in [6.07, 6.45) is 3.62. The van der Waals surface area contributed by atoms with Crippen molar-refractivity contribution in [1.82, 2.24) is 5.32 Å². The molecule has 1 aliphatic rings. The summed E-state index contributed by atoms with van der Waals surface area (Å²) < 4.78 is 12.2. The number of rotatable bonds is 5. The predicted octanol–water partition coefficient (Wildman–Crippen LogP) is 3.70. The molecule has 106 valence electrons. The zero-order chi connectivity index (χ0) is 13.9. The minimum atomic E-state index is 0.359. The van der Waals surface area contributed by atoms with Crippen LogP contribution in [-0.4, -0.2) is 12.6 Å². The third-order valence-corrected chi connectivity index (χ3v) is 4.01. The van der Waals surface area contributed by atoms with Gasteiger partial charge in [-0.3, -0.25) is 0 Å². The highest BCUT2D eigenvalue weighted by molar-refractivity contribution is 9.10. The van der Waals surface area contributed by atoms with Crippen molar-refractivity contribution in [3.63, 3.8) is 0 Å². The third-order valence-electron chi connectivity index (χ3n) is 3.55. The number of hydrogen-bond donors (Lipinski definition) is 1. The molecule has 4 heteroatoms. The molecule has 1 aliphatic heterocycles. The predicted molar refractivity (Wildman–Crippen MR) is 82.1 cm³/mol. The molecule has 0 saturated carbocycles. The highest BCUT2D eigenvalue weighted by atomic mass is 79.9.